The first-order valence-corrected chi connectivity index (χ1v) is 3.42. The Labute approximate surface area is 68.6 Å². The molecule has 1 aromatic rings. The molecular formula is C6H9N3O3. The molecule has 1 N–H and O–H groups in total. The van der Waals surface area contributed by atoms with Crippen molar-refractivity contribution in [1.29, 1.82) is 0 Å². The number of aromatic nitrogens is 2. The molecule has 0 bridgehead atoms. The molecule has 66 valence electrons. The summed E-state index contributed by atoms with van der Waals surface area (Å²) in [5.74, 6) is 0.461. The van der Waals surface area contributed by atoms with Gasteiger partial charge in [0.15, 0.2) is 5.82 Å². The number of rotatable bonds is 3. The second-order valence-electron chi connectivity index (χ2n) is 2.32. The lowest BCUT2D eigenvalue weighted by molar-refractivity contribution is -0.391. The molecule has 1 rings (SSSR count). The second kappa shape index (κ2) is 3.31. The number of hydrogen-bond acceptors (Lipinski definition) is 4. The van der Waals surface area contributed by atoms with Crippen molar-refractivity contribution in [2.75, 3.05) is 6.61 Å². The van der Waals surface area contributed by atoms with Crippen molar-refractivity contribution < 1.29 is 10.0 Å². The molecule has 0 saturated carbocycles. The molecule has 0 aromatic carbocycles. The fourth-order valence-electron chi connectivity index (χ4n) is 0.940. The topological polar surface area (TPSA) is 81.2 Å². The van der Waals surface area contributed by atoms with Gasteiger partial charge in [-0.25, -0.2) is 9.55 Å². The van der Waals surface area contributed by atoms with Crippen LogP contribution in [0.1, 0.15) is 5.82 Å². The second-order valence-corrected chi connectivity index (χ2v) is 2.32. The van der Waals surface area contributed by atoms with Crippen LogP contribution in [-0.4, -0.2) is 26.2 Å². The third kappa shape index (κ3) is 1.42. The lowest BCUT2D eigenvalue weighted by atomic mass is 10.4. The molecule has 0 amide bonds. The van der Waals surface area contributed by atoms with Gasteiger partial charge in [0.2, 0.25) is 0 Å². The van der Waals surface area contributed by atoms with E-state index in [1.165, 1.54) is 10.8 Å². The van der Waals surface area contributed by atoms with Gasteiger partial charge in [0.25, 0.3) is 0 Å². The SMILES string of the molecule is Cn1c([N+](=O)[O-])cnc1CCO. The zero-order valence-corrected chi connectivity index (χ0v) is 6.60. The van der Waals surface area contributed by atoms with Crippen LogP contribution in [0, 0.1) is 10.1 Å². The van der Waals surface area contributed by atoms with E-state index >= 15 is 0 Å². The fraction of sp³-hybridized carbons (Fsp3) is 0.500. The minimum atomic E-state index is -0.506. The maximum absolute atomic E-state index is 10.3. The van der Waals surface area contributed by atoms with Crippen molar-refractivity contribution in [3.63, 3.8) is 0 Å². The Morgan fingerprint density at radius 2 is 2.50 bits per heavy atom. The van der Waals surface area contributed by atoms with Gasteiger partial charge in [0.05, 0.1) is 20.1 Å². The molecule has 0 saturated heterocycles. The molecule has 1 heterocycles. The van der Waals surface area contributed by atoms with E-state index in [4.69, 9.17) is 5.11 Å². The van der Waals surface area contributed by atoms with Gasteiger partial charge >= 0.3 is 5.82 Å². The van der Waals surface area contributed by atoms with E-state index < -0.39 is 4.92 Å². The largest absolute Gasteiger partial charge is 0.396 e. The zero-order valence-electron chi connectivity index (χ0n) is 6.60. The first kappa shape index (κ1) is 8.66. The van der Waals surface area contributed by atoms with E-state index in [1.54, 1.807) is 7.05 Å². The summed E-state index contributed by atoms with van der Waals surface area (Å²) < 4.78 is 1.36. The predicted octanol–water partition coefficient (Wildman–Crippen LogP) is -0.137. The number of nitrogens with zero attached hydrogens (tertiary/aromatic N) is 3. The van der Waals surface area contributed by atoms with Crippen LogP contribution in [0.5, 0.6) is 0 Å². The Kier molecular flexibility index (Phi) is 2.39. The van der Waals surface area contributed by atoms with Crippen LogP contribution >= 0.6 is 0 Å². The Bertz CT molecular complexity index is 294. The Balaban J connectivity index is 2.96. The number of aliphatic hydroxyl groups is 1. The van der Waals surface area contributed by atoms with Crippen LogP contribution in [0.2, 0.25) is 0 Å². The summed E-state index contributed by atoms with van der Waals surface area (Å²) in [4.78, 5) is 13.6. The summed E-state index contributed by atoms with van der Waals surface area (Å²) in [6.07, 6.45) is 1.52. The molecule has 0 aliphatic rings. The highest BCUT2D eigenvalue weighted by atomic mass is 16.6. The van der Waals surface area contributed by atoms with Gasteiger partial charge in [0.1, 0.15) is 6.20 Å². The molecule has 1 aromatic heterocycles. The number of imidazole rings is 1. The Hall–Kier alpha value is -1.43. The van der Waals surface area contributed by atoms with Crippen LogP contribution in [0.4, 0.5) is 5.82 Å². The summed E-state index contributed by atoms with van der Waals surface area (Å²) >= 11 is 0. The molecular weight excluding hydrogens is 162 g/mol. The third-order valence-corrected chi connectivity index (χ3v) is 1.58. The maximum atomic E-state index is 10.3. The van der Waals surface area contributed by atoms with Crippen molar-refractivity contribution >= 4 is 5.82 Å². The molecule has 0 spiro atoms. The van der Waals surface area contributed by atoms with Crippen molar-refractivity contribution in [3.8, 4) is 0 Å². The zero-order chi connectivity index (χ0) is 9.14. The van der Waals surface area contributed by atoms with E-state index in [2.05, 4.69) is 4.98 Å². The predicted molar refractivity (Wildman–Crippen MR) is 40.7 cm³/mol. The number of aliphatic hydroxyl groups excluding tert-OH is 1. The average Bonchev–Trinajstić information content (AvgIpc) is 2.34. The van der Waals surface area contributed by atoms with E-state index in [9.17, 15) is 10.1 Å². The highest BCUT2D eigenvalue weighted by molar-refractivity contribution is 5.18. The third-order valence-electron chi connectivity index (χ3n) is 1.58. The van der Waals surface area contributed by atoms with Crippen LogP contribution in [0.15, 0.2) is 6.20 Å². The van der Waals surface area contributed by atoms with Gasteiger partial charge in [-0.05, 0) is 4.92 Å². The Morgan fingerprint density at radius 3 is 2.92 bits per heavy atom. The first-order valence-electron chi connectivity index (χ1n) is 3.42. The quantitative estimate of drug-likeness (QED) is 0.507. The van der Waals surface area contributed by atoms with Gasteiger partial charge in [-0.15, -0.1) is 0 Å². The highest BCUT2D eigenvalue weighted by Crippen LogP contribution is 2.11. The van der Waals surface area contributed by atoms with Crippen molar-refractivity contribution in [3.05, 3.63) is 22.1 Å². The molecule has 0 radical (unpaired) electrons. The molecule has 0 aliphatic heterocycles. The summed E-state index contributed by atoms with van der Waals surface area (Å²) in [6, 6.07) is 0. The van der Waals surface area contributed by atoms with E-state index in [0.717, 1.165) is 0 Å². The standard InChI is InChI=1S/C6H9N3O3/c1-8-5(2-3-10)7-4-6(8)9(11)12/h4,10H,2-3H2,1H3. The van der Waals surface area contributed by atoms with Gasteiger partial charge < -0.3 is 15.2 Å². The molecule has 6 heteroatoms. The first-order chi connectivity index (χ1) is 5.66. The van der Waals surface area contributed by atoms with Gasteiger partial charge in [0, 0.05) is 0 Å². The number of nitro groups is 1. The molecule has 0 aliphatic carbocycles. The monoisotopic (exact) mass is 171 g/mol. The average molecular weight is 171 g/mol. The van der Waals surface area contributed by atoms with E-state index in [0.29, 0.717) is 12.2 Å². The Morgan fingerprint density at radius 1 is 1.83 bits per heavy atom. The molecule has 0 fully saturated rings. The van der Waals surface area contributed by atoms with Gasteiger partial charge in [-0.2, -0.15) is 0 Å². The fourth-order valence-corrected chi connectivity index (χ4v) is 0.940. The molecule has 6 nitrogen and oxygen atoms in total. The van der Waals surface area contributed by atoms with Crippen molar-refractivity contribution in [2.45, 2.75) is 6.42 Å². The summed E-state index contributed by atoms with van der Waals surface area (Å²) in [6.45, 7) is -0.0536. The number of hydrogen-bond donors (Lipinski definition) is 1. The van der Waals surface area contributed by atoms with Crippen LogP contribution in [0.25, 0.3) is 0 Å². The smallest absolute Gasteiger partial charge is 0.342 e. The normalized spacial score (nSPS) is 10.2. The maximum Gasteiger partial charge on any atom is 0.342 e. The van der Waals surface area contributed by atoms with Crippen molar-refractivity contribution in [1.82, 2.24) is 9.55 Å². The van der Waals surface area contributed by atoms with Crippen LogP contribution in [-0.2, 0) is 13.5 Å². The van der Waals surface area contributed by atoms with Crippen LogP contribution < -0.4 is 0 Å². The van der Waals surface area contributed by atoms with Gasteiger partial charge in [-0.1, -0.05) is 0 Å². The van der Waals surface area contributed by atoms with E-state index in [1.807, 2.05) is 0 Å². The van der Waals surface area contributed by atoms with Crippen molar-refractivity contribution in [2.24, 2.45) is 7.05 Å². The highest BCUT2D eigenvalue weighted by Gasteiger charge is 2.14. The van der Waals surface area contributed by atoms with Crippen LogP contribution in [0.3, 0.4) is 0 Å². The van der Waals surface area contributed by atoms with E-state index in [-0.39, 0.29) is 12.4 Å². The lowest BCUT2D eigenvalue weighted by Crippen LogP contribution is -2.03. The molecule has 0 unspecified atom stereocenters. The molecule has 12 heavy (non-hydrogen) atoms. The minimum Gasteiger partial charge on any atom is -0.396 e. The van der Waals surface area contributed by atoms with Gasteiger partial charge in [-0.3, -0.25) is 0 Å². The summed E-state index contributed by atoms with van der Waals surface area (Å²) in [5, 5.41) is 18.9. The lowest BCUT2D eigenvalue weighted by Gasteiger charge is -1.95. The molecule has 0 atom stereocenters. The minimum absolute atomic E-state index is 0.0536. The summed E-state index contributed by atoms with van der Waals surface area (Å²) in [7, 11) is 1.55. The summed E-state index contributed by atoms with van der Waals surface area (Å²) in [5.41, 5.74) is 0.